The molecule has 7 heteroatoms. The zero-order valence-corrected chi connectivity index (χ0v) is 9.49. The maximum absolute atomic E-state index is 12.3. The summed E-state index contributed by atoms with van der Waals surface area (Å²) in [6.07, 6.45) is -1.64. The summed E-state index contributed by atoms with van der Waals surface area (Å²) in [7, 11) is 0. The van der Waals surface area contributed by atoms with Gasteiger partial charge in [-0.25, -0.2) is 4.98 Å². The van der Waals surface area contributed by atoms with Crippen molar-refractivity contribution >= 4 is 5.69 Å². The maximum Gasteiger partial charge on any atom is 0.433 e. The van der Waals surface area contributed by atoms with Crippen LogP contribution in [0.15, 0.2) is 30.6 Å². The van der Waals surface area contributed by atoms with E-state index in [9.17, 15) is 13.2 Å². The number of aromatic nitrogens is 3. The van der Waals surface area contributed by atoms with Gasteiger partial charge in [-0.1, -0.05) is 0 Å². The Labute approximate surface area is 101 Å². The zero-order valence-electron chi connectivity index (χ0n) is 9.49. The van der Waals surface area contributed by atoms with E-state index in [1.807, 2.05) is 6.92 Å². The monoisotopic (exact) mass is 256 g/mol. The molecule has 0 saturated carbocycles. The predicted octanol–water partition coefficient (Wildman–Crippen LogP) is 3.00. The Morgan fingerprint density at radius 2 is 2.06 bits per heavy atom. The number of rotatable bonds is 3. The van der Waals surface area contributed by atoms with Gasteiger partial charge in [-0.2, -0.15) is 18.3 Å². The van der Waals surface area contributed by atoms with Crippen LogP contribution in [0.5, 0.6) is 0 Å². The molecule has 0 aromatic carbocycles. The molecule has 0 fully saturated rings. The fraction of sp³-hybridized carbons (Fsp3) is 0.273. The van der Waals surface area contributed by atoms with E-state index in [1.54, 1.807) is 12.3 Å². The number of pyridine rings is 1. The Morgan fingerprint density at radius 1 is 1.28 bits per heavy atom. The van der Waals surface area contributed by atoms with Crippen molar-refractivity contribution < 1.29 is 13.2 Å². The second-order valence-electron chi connectivity index (χ2n) is 3.81. The number of alkyl halides is 3. The van der Waals surface area contributed by atoms with E-state index in [-0.39, 0.29) is 6.04 Å². The van der Waals surface area contributed by atoms with Crippen LogP contribution in [0.3, 0.4) is 0 Å². The highest BCUT2D eigenvalue weighted by atomic mass is 19.4. The van der Waals surface area contributed by atoms with Crippen molar-refractivity contribution in [1.29, 1.82) is 0 Å². The number of anilines is 1. The fourth-order valence-electron chi connectivity index (χ4n) is 1.48. The summed E-state index contributed by atoms with van der Waals surface area (Å²) in [4.78, 5) is 3.37. The van der Waals surface area contributed by atoms with Gasteiger partial charge in [0.05, 0.1) is 23.6 Å². The average Bonchev–Trinajstić information content (AvgIpc) is 2.82. The molecule has 0 radical (unpaired) electrons. The molecule has 2 rings (SSSR count). The predicted molar refractivity (Wildman–Crippen MR) is 59.9 cm³/mol. The van der Waals surface area contributed by atoms with Gasteiger partial charge < -0.3 is 5.32 Å². The summed E-state index contributed by atoms with van der Waals surface area (Å²) in [6, 6.07) is 3.99. The molecule has 0 amide bonds. The highest BCUT2D eigenvalue weighted by Crippen LogP contribution is 2.28. The Kier molecular flexibility index (Phi) is 3.22. The van der Waals surface area contributed by atoms with Gasteiger partial charge in [0.15, 0.2) is 0 Å². The van der Waals surface area contributed by atoms with Gasteiger partial charge in [0.25, 0.3) is 0 Å². The second-order valence-corrected chi connectivity index (χ2v) is 3.81. The van der Waals surface area contributed by atoms with Gasteiger partial charge in [-0.15, -0.1) is 0 Å². The molecule has 4 nitrogen and oxygen atoms in total. The summed E-state index contributed by atoms with van der Waals surface area (Å²) in [5, 5.41) is 9.60. The summed E-state index contributed by atoms with van der Waals surface area (Å²) >= 11 is 0. The van der Waals surface area contributed by atoms with Crippen molar-refractivity contribution in [3.63, 3.8) is 0 Å². The van der Waals surface area contributed by atoms with E-state index >= 15 is 0 Å². The van der Waals surface area contributed by atoms with Crippen molar-refractivity contribution in [1.82, 2.24) is 15.2 Å². The highest BCUT2D eigenvalue weighted by molar-refractivity contribution is 5.43. The molecular formula is C11H11F3N4. The van der Waals surface area contributed by atoms with Gasteiger partial charge in [-0.3, -0.25) is 5.10 Å². The lowest BCUT2D eigenvalue weighted by molar-refractivity contribution is -0.141. The van der Waals surface area contributed by atoms with Crippen LogP contribution in [0.4, 0.5) is 18.9 Å². The minimum atomic E-state index is -4.41. The van der Waals surface area contributed by atoms with E-state index < -0.39 is 11.9 Å². The van der Waals surface area contributed by atoms with Crippen LogP contribution in [-0.2, 0) is 6.18 Å². The van der Waals surface area contributed by atoms with Crippen molar-refractivity contribution in [3.05, 3.63) is 42.0 Å². The zero-order chi connectivity index (χ0) is 13.2. The fourth-order valence-corrected chi connectivity index (χ4v) is 1.48. The van der Waals surface area contributed by atoms with Crippen LogP contribution >= 0.6 is 0 Å². The SMILES string of the molecule is CC(Nc1ccc(C(F)(F)F)nc1)c1ccn[nH]1. The Bertz CT molecular complexity index is 490. The van der Waals surface area contributed by atoms with Gasteiger partial charge in [-0.05, 0) is 25.1 Å². The Morgan fingerprint density at radius 3 is 2.56 bits per heavy atom. The molecule has 0 spiro atoms. The third-order valence-corrected chi connectivity index (χ3v) is 2.43. The van der Waals surface area contributed by atoms with Crippen molar-refractivity contribution in [2.24, 2.45) is 0 Å². The average molecular weight is 256 g/mol. The first-order valence-corrected chi connectivity index (χ1v) is 5.26. The first-order chi connectivity index (χ1) is 8.47. The molecule has 2 heterocycles. The smallest absolute Gasteiger partial charge is 0.376 e. The summed E-state index contributed by atoms with van der Waals surface area (Å²) in [5.74, 6) is 0. The molecule has 2 aromatic rings. The van der Waals surface area contributed by atoms with Crippen molar-refractivity contribution in [2.75, 3.05) is 5.32 Å². The lowest BCUT2D eigenvalue weighted by atomic mass is 10.2. The minimum absolute atomic E-state index is 0.0916. The molecule has 0 aliphatic heterocycles. The third-order valence-electron chi connectivity index (χ3n) is 2.43. The number of halogens is 3. The molecule has 1 atom stereocenters. The second kappa shape index (κ2) is 4.67. The molecular weight excluding hydrogens is 245 g/mol. The van der Waals surface area contributed by atoms with E-state index in [4.69, 9.17) is 0 Å². The van der Waals surface area contributed by atoms with Crippen LogP contribution in [0.2, 0.25) is 0 Å². The van der Waals surface area contributed by atoms with Gasteiger partial charge in [0.2, 0.25) is 0 Å². The molecule has 2 N–H and O–H groups in total. The maximum atomic E-state index is 12.3. The van der Waals surface area contributed by atoms with E-state index in [1.165, 1.54) is 6.07 Å². The molecule has 0 aliphatic rings. The molecule has 2 aromatic heterocycles. The lowest BCUT2D eigenvalue weighted by Gasteiger charge is -2.13. The van der Waals surface area contributed by atoms with Crippen molar-refractivity contribution in [2.45, 2.75) is 19.1 Å². The number of nitrogens with one attached hydrogen (secondary N) is 2. The first-order valence-electron chi connectivity index (χ1n) is 5.26. The largest absolute Gasteiger partial charge is 0.433 e. The highest BCUT2D eigenvalue weighted by Gasteiger charge is 2.32. The summed E-state index contributed by atoms with van der Waals surface area (Å²) in [6.45, 7) is 1.87. The van der Waals surface area contributed by atoms with E-state index in [0.29, 0.717) is 5.69 Å². The summed E-state index contributed by atoms with van der Waals surface area (Å²) < 4.78 is 36.9. The number of hydrogen-bond donors (Lipinski definition) is 2. The Balaban J connectivity index is 2.07. The van der Waals surface area contributed by atoms with Crippen molar-refractivity contribution in [3.8, 4) is 0 Å². The quantitative estimate of drug-likeness (QED) is 0.887. The van der Waals surface area contributed by atoms with Gasteiger partial charge >= 0.3 is 6.18 Å². The number of H-pyrrole nitrogens is 1. The molecule has 96 valence electrons. The van der Waals surface area contributed by atoms with Crippen LogP contribution in [0, 0.1) is 0 Å². The van der Waals surface area contributed by atoms with E-state index in [0.717, 1.165) is 18.0 Å². The topological polar surface area (TPSA) is 53.6 Å². The number of aromatic amines is 1. The normalized spacial score (nSPS) is 13.3. The van der Waals surface area contributed by atoms with Crippen LogP contribution < -0.4 is 5.32 Å². The molecule has 18 heavy (non-hydrogen) atoms. The first kappa shape index (κ1) is 12.4. The van der Waals surface area contributed by atoms with Gasteiger partial charge in [0.1, 0.15) is 5.69 Å². The molecule has 1 unspecified atom stereocenters. The molecule has 0 bridgehead atoms. The molecule has 0 aliphatic carbocycles. The number of nitrogens with zero attached hydrogens (tertiary/aromatic N) is 2. The molecule has 0 saturated heterocycles. The lowest BCUT2D eigenvalue weighted by Crippen LogP contribution is -2.10. The van der Waals surface area contributed by atoms with Crippen LogP contribution in [0.25, 0.3) is 0 Å². The standard InChI is InChI=1S/C11H11F3N4/c1-7(9-4-5-16-18-9)17-8-2-3-10(15-6-8)11(12,13)14/h2-7,17H,1H3,(H,16,18). The summed E-state index contributed by atoms with van der Waals surface area (Å²) in [5.41, 5.74) is 0.460. The third kappa shape index (κ3) is 2.79. The Hall–Kier alpha value is -2.05. The van der Waals surface area contributed by atoms with Gasteiger partial charge in [0, 0.05) is 6.20 Å². The van der Waals surface area contributed by atoms with E-state index in [2.05, 4.69) is 20.5 Å². The van der Waals surface area contributed by atoms with Crippen LogP contribution in [-0.4, -0.2) is 15.2 Å². The number of hydrogen-bond acceptors (Lipinski definition) is 3. The minimum Gasteiger partial charge on any atom is -0.376 e. The van der Waals surface area contributed by atoms with Crippen LogP contribution in [0.1, 0.15) is 24.4 Å².